The minimum atomic E-state index is -0.159. The van der Waals surface area contributed by atoms with E-state index in [1.165, 1.54) is 0 Å². The fraction of sp³-hybridized carbons (Fsp3) is 0.417. The number of hydrogen-bond donors (Lipinski definition) is 1. The Kier molecular flexibility index (Phi) is 2.62. The molecule has 1 aromatic carbocycles. The maximum Gasteiger partial charge on any atom is 0.309 e. The molecule has 1 aromatic rings. The van der Waals surface area contributed by atoms with Crippen LogP contribution in [0.2, 0.25) is 0 Å². The highest BCUT2D eigenvalue weighted by Gasteiger charge is 2.29. The molecule has 0 fully saturated rings. The van der Waals surface area contributed by atoms with E-state index in [0.29, 0.717) is 25.2 Å². The normalized spacial score (nSPS) is 18.6. The largest absolute Gasteiger partial charge is 0.508 e. The molecule has 0 saturated heterocycles. The Morgan fingerprint density at radius 2 is 2.33 bits per heavy atom. The van der Waals surface area contributed by atoms with Crippen molar-refractivity contribution >= 4 is 5.97 Å². The fourth-order valence-electron chi connectivity index (χ4n) is 2.06. The molecule has 0 amide bonds. The number of ether oxygens (including phenoxy) is 1. The second-order valence-electron chi connectivity index (χ2n) is 3.77. The molecule has 0 aromatic heterocycles. The third kappa shape index (κ3) is 1.82. The SMILES string of the molecule is CCOC(=O)[C@@H]1Cc2cccc(O)c2C1. The van der Waals surface area contributed by atoms with Gasteiger partial charge in [0.2, 0.25) is 0 Å². The Morgan fingerprint density at radius 3 is 3.00 bits per heavy atom. The molecule has 0 aliphatic heterocycles. The molecule has 3 heteroatoms. The van der Waals surface area contributed by atoms with E-state index in [0.717, 1.165) is 11.1 Å². The van der Waals surface area contributed by atoms with E-state index in [9.17, 15) is 9.90 Å². The minimum Gasteiger partial charge on any atom is -0.508 e. The Labute approximate surface area is 88.7 Å². The van der Waals surface area contributed by atoms with E-state index in [1.54, 1.807) is 13.0 Å². The zero-order chi connectivity index (χ0) is 10.8. The Balaban J connectivity index is 2.15. The number of rotatable bonds is 2. The van der Waals surface area contributed by atoms with Gasteiger partial charge in [-0.05, 0) is 37.0 Å². The number of hydrogen-bond acceptors (Lipinski definition) is 3. The number of carbonyl (C=O) groups excluding carboxylic acids is 1. The van der Waals surface area contributed by atoms with Crippen molar-refractivity contribution in [1.82, 2.24) is 0 Å². The highest BCUT2D eigenvalue weighted by molar-refractivity contribution is 5.75. The highest BCUT2D eigenvalue weighted by Crippen LogP contribution is 2.33. The summed E-state index contributed by atoms with van der Waals surface area (Å²) in [7, 11) is 0. The number of phenols is 1. The van der Waals surface area contributed by atoms with Gasteiger partial charge in [-0.2, -0.15) is 0 Å². The molecular formula is C12H14O3. The lowest BCUT2D eigenvalue weighted by Gasteiger charge is -2.07. The molecule has 0 unspecified atom stereocenters. The molecule has 0 heterocycles. The fourth-order valence-corrected chi connectivity index (χ4v) is 2.06. The van der Waals surface area contributed by atoms with Crippen molar-refractivity contribution < 1.29 is 14.6 Å². The summed E-state index contributed by atoms with van der Waals surface area (Å²) in [6.45, 7) is 2.22. The second kappa shape index (κ2) is 3.93. The summed E-state index contributed by atoms with van der Waals surface area (Å²) in [5.74, 6) is 0.0145. The summed E-state index contributed by atoms with van der Waals surface area (Å²) >= 11 is 0. The van der Waals surface area contributed by atoms with Crippen LogP contribution in [0.3, 0.4) is 0 Å². The van der Waals surface area contributed by atoms with Gasteiger partial charge in [-0.3, -0.25) is 4.79 Å². The summed E-state index contributed by atoms with van der Waals surface area (Å²) in [5.41, 5.74) is 1.96. The van der Waals surface area contributed by atoms with Crippen LogP contribution in [0.1, 0.15) is 18.1 Å². The average Bonchev–Trinajstić information content (AvgIpc) is 2.63. The number of aromatic hydroxyl groups is 1. The minimum absolute atomic E-state index is 0.117. The van der Waals surface area contributed by atoms with Gasteiger partial charge in [0.25, 0.3) is 0 Å². The number of esters is 1. The third-order valence-electron chi connectivity index (χ3n) is 2.79. The monoisotopic (exact) mass is 206 g/mol. The van der Waals surface area contributed by atoms with E-state index in [-0.39, 0.29) is 11.9 Å². The van der Waals surface area contributed by atoms with Gasteiger partial charge in [-0.15, -0.1) is 0 Å². The first-order valence-electron chi connectivity index (χ1n) is 5.18. The van der Waals surface area contributed by atoms with Crippen molar-refractivity contribution in [2.24, 2.45) is 5.92 Å². The lowest BCUT2D eigenvalue weighted by Crippen LogP contribution is -2.17. The van der Waals surface area contributed by atoms with Gasteiger partial charge in [0.1, 0.15) is 5.75 Å². The van der Waals surface area contributed by atoms with E-state index in [4.69, 9.17) is 4.74 Å². The van der Waals surface area contributed by atoms with Crippen LogP contribution in [0.4, 0.5) is 0 Å². The summed E-state index contributed by atoms with van der Waals surface area (Å²) in [6.07, 6.45) is 1.28. The lowest BCUT2D eigenvalue weighted by molar-refractivity contribution is -0.147. The van der Waals surface area contributed by atoms with Crippen molar-refractivity contribution in [2.75, 3.05) is 6.61 Å². The molecule has 0 spiro atoms. The van der Waals surface area contributed by atoms with E-state index in [2.05, 4.69) is 0 Å². The van der Waals surface area contributed by atoms with E-state index >= 15 is 0 Å². The first kappa shape index (κ1) is 10.0. The van der Waals surface area contributed by atoms with Gasteiger partial charge < -0.3 is 9.84 Å². The third-order valence-corrected chi connectivity index (χ3v) is 2.79. The standard InChI is InChI=1S/C12H14O3/c1-2-15-12(14)9-6-8-4-3-5-11(13)10(8)7-9/h3-5,9,13H,2,6-7H2,1H3/t9-/m1/s1. The van der Waals surface area contributed by atoms with Crippen LogP contribution < -0.4 is 0 Å². The summed E-state index contributed by atoms with van der Waals surface area (Å²) in [4.78, 5) is 11.5. The van der Waals surface area contributed by atoms with Crippen LogP contribution in [0, 0.1) is 5.92 Å². The Bertz CT molecular complexity index is 384. The second-order valence-corrected chi connectivity index (χ2v) is 3.77. The Hall–Kier alpha value is -1.51. The molecule has 3 nitrogen and oxygen atoms in total. The Morgan fingerprint density at radius 1 is 1.53 bits per heavy atom. The van der Waals surface area contributed by atoms with Crippen LogP contribution >= 0.6 is 0 Å². The van der Waals surface area contributed by atoms with Gasteiger partial charge in [-0.1, -0.05) is 12.1 Å². The molecule has 0 saturated carbocycles. The zero-order valence-electron chi connectivity index (χ0n) is 8.69. The molecule has 15 heavy (non-hydrogen) atoms. The number of phenolic OH excluding ortho intramolecular Hbond substituents is 1. The van der Waals surface area contributed by atoms with Crippen molar-refractivity contribution in [3.8, 4) is 5.75 Å². The predicted octanol–water partition coefficient (Wildman–Crippen LogP) is 1.67. The first-order chi connectivity index (χ1) is 7.22. The van der Waals surface area contributed by atoms with Crippen LogP contribution in [0.15, 0.2) is 18.2 Å². The van der Waals surface area contributed by atoms with Crippen molar-refractivity contribution in [1.29, 1.82) is 0 Å². The predicted molar refractivity (Wildman–Crippen MR) is 55.6 cm³/mol. The molecule has 1 aliphatic rings. The van der Waals surface area contributed by atoms with Crippen LogP contribution in [0.5, 0.6) is 5.75 Å². The zero-order valence-corrected chi connectivity index (χ0v) is 8.69. The van der Waals surface area contributed by atoms with Gasteiger partial charge >= 0.3 is 5.97 Å². The molecular weight excluding hydrogens is 192 g/mol. The molecule has 1 atom stereocenters. The average molecular weight is 206 g/mol. The van der Waals surface area contributed by atoms with Gasteiger partial charge in [0.15, 0.2) is 0 Å². The number of benzene rings is 1. The highest BCUT2D eigenvalue weighted by atomic mass is 16.5. The summed E-state index contributed by atoms with van der Waals surface area (Å²) in [6, 6.07) is 5.42. The van der Waals surface area contributed by atoms with Gasteiger partial charge in [0, 0.05) is 0 Å². The topological polar surface area (TPSA) is 46.5 Å². The molecule has 80 valence electrons. The lowest BCUT2D eigenvalue weighted by atomic mass is 10.1. The molecule has 1 aliphatic carbocycles. The van der Waals surface area contributed by atoms with Crippen LogP contribution in [-0.4, -0.2) is 17.7 Å². The van der Waals surface area contributed by atoms with Crippen LogP contribution in [0.25, 0.3) is 0 Å². The number of carbonyl (C=O) groups is 1. The molecule has 2 rings (SSSR count). The molecule has 0 radical (unpaired) electrons. The summed E-state index contributed by atoms with van der Waals surface area (Å²) in [5, 5.41) is 9.61. The van der Waals surface area contributed by atoms with E-state index < -0.39 is 0 Å². The summed E-state index contributed by atoms with van der Waals surface area (Å²) < 4.78 is 4.98. The van der Waals surface area contributed by atoms with E-state index in [1.807, 2.05) is 12.1 Å². The van der Waals surface area contributed by atoms with Crippen LogP contribution in [-0.2, 0) is 22.4 Å². The van der Waals surface area contributed by atoms with Gasteiger partial charge in [0.05, 0.1) is 12.5 Å². The number of fused-ring (bicyclic) bond motifs is 1. The van der Waals surface area contributed by atoms with Crippen molar-refractivity contribution in [3.05, 3.63) is 29.3 Å². The van der Waals surface area contributed by atoms with Crippen molar-refractivity contribution in [3.63, 3.8) is 0 Å². The smallest absolute Gasteiger partial charge is 0.309 e. The first-order valence-corrected chi connectivity index (χ1v) is 5.18. The van der Waals surface area contributed by atoms with Crippen molar-refractivity contribution in [2.45, 2.75) is 19.8 Å². The van der Waals surface area contributed by atoms with Gasteiger partial charge in [-0.25, -0.2) is 0 Å². The maximum atomic E-state index is 11.5. The molecule has 0 bridgehead atoms. The maximum absolute atomic E-state index is 11.5. The quantitative estimate of drug-likeness (QED) is 0.749. The molecule has 1 N–H and O–H groups in total.